The standard InChI is InChI=1S/C15H12F2N2/c16-14-6-4-11(5-7-14)9-19-10-13-3-1-2-12(8-18)15(13)17/h1-7,19H,9-10H2. The minimum Gasteiger partial charge on any atom is -0.309 e. The maximum absolute atomic E-state index is 13.7. The molecule has 96 valence electrons. The molecule has 2 nitrogen and oxygen atoms in total. The second-order valence-corrected chi connectivity index (χ2v) is 4.12. The lowest BCUT2D eigenvalue weighted by molar-refractivity contribution is 0.584. The second-order valence-electron chi connectivity index (χ2n) is 4.12. The SMILES string of the molecule is N#Cc1cccc(CNCc2ccc(F)cc2)c1F. The Morgan fingerprint density at radius 2 is 1.74 bits per heavy atom. The Kier molecular flexibility index (Phi) is 4.22. The number of nitrogens with one attached hydrogen (secondary N) is 1. The lowest BCUT2D eigenvalue weighted by Crippen LogP contribution is -2.14. The lowest BCUT2D eigenvalue weighted by atomic mass is 10.1. The third-order valence-corrected chi connectivity index (χ3v) is 2.76. The molecule has 0 aromatic heterocycles. The van der Waals surface area contributed by atoms with Crippen LogP contribution < -0.4 is 5.32 Å². The average molecular weight is 258 g/mol. The average Bonchev–Trinajstić information content (AvgIpc) is 2.43. The van der Waals surface area contributed by atoms with Gasteiger partial charge in [0, 0.05) is 18.7 Å². The Labute approximate surface area is 110 Å². The maximum atomic E-state index is 13.7. The number of nitriles is 1. The van der Waals surface area contributed by atoms with Crippen LogP contribution in [0, 0.1) is 23.0 Å². The van der Waals surface area contributed by atoms with E-state index in [1.165, 1.54) is 18.2 Å². The first-order valence-corrected chi connectivity index (χ1v) is 5.83. The van der Waals surface area contributed by atoms with Gasteiger partial charge in [-0.25, -0.2) is 8.78 Å². The first-order chi connectivity index (χ1) is 9.20. The van der Waals surface area contributed by atoms with Gasteiger partial charge in [-0.1, -0.05) is 24.3 Å². The van der Waals surface area contributed by atoms with Gasteiger partial charge >= 0.3 is 0 Å². The fourth-order valence-corrected chi connectivity index (χ4v) is 1.75. The van der Waals surface area contributed by atoms with Crippen LogP contribution >= 0.6 is 0 Å². The summed E-state index contributed by atoms with van der Waals surface area (Å²) in [4.78, 5) is 0. The predicted molar refractivity (Wildman–Crippen MR) is 68.1 cm³/mol. The van der Waals surface area contributed by atoms with Crippen LogP contribution in [0.15, 0.2) is 42.5 Å². The second kappa shape index (κ2) is 6.07. The predicted octanol–water partition coefficient (Wildman–Crippen LogP) is 3.13. The summed E-state index contributed by atoms with van der Waals surface area (Å²) >= 11 is 0. The van der Waals surface area contributed by atoms with Crippen LogP contribution in [0.4, 0.5) is 8.78 Å². The summed E-state index contributed by atoms with van der Waals surface area (Å²) in [6, 6.07) is 12.6. The fourth-order valence-electron chi connectivity index (χ4n) is 1.75. The first kappa shape index (κ1) is 13.2. The molecule has 2 rings (SSSR count). The molecule has 19 heavy (non-hydrogen) atoms. The highest BCUT2D eigenvalue weighted by Gasteiger charge is 2.06. The molecular formula is C15H12F2N2. The van der Waals surface area contributed by atoms with Gasteiger partial charge < -0.3 is 5.32 Å². The largest absolute Gasteiger partial charge is 0.309 e. The Morgan fingerprint density at radius 1 is 1.00 bits per heavy atom. The molecule has 0 heterocycles. The zero-order valence-electron chi connectivity index (χ0n) is 10.2. The zero-order valence-corrected chi connectivity index (χ0v) is 10.2. The van der Waals surface area contributed by atoms with Crippen molar-refractivity contribution in [1.29, 1.82) is 5.26 Å². The summed E-state index contributed by atoms with van der Waals surface area (Å²) in [5.41, 5.74) is 1.40. The van der Waals surface area contributed by atoms with Crippen LogP contribution in [0.3, 0.4) is 0 Å². The molecule has 0 atom stereocenters. The van der Waals surface area contributed by atoms with E-state index in [9.17, 15) is 8.78 Å². The van der Waals surface area contributed by atoms with Crippen molar-refractivity contribution >= 4 is 0 Å². The zero-order chi connectivity index (χ0) is 13.7. The molecule has 0 saturated heterocycles. The molecule has 4 heteroatoms. The molecule has 0 spiro atoms. The number of rotatable bonds is 4. The molecule has 0 fully saturated rings. The van der Waals surface area contributed by atoms with Gasteiger partial charge in [-0.2, -0.15) is 5.26 Å². The van der Waals surface area contributed by atoms with Gasteiger partial charge in [0.2, 0.25) is 0 Å². The Hall–Kier alpha value is -2.25. The number of halogens is 2. The van der Waals surface area contributed by atoms with Crippen LogP contribution in [0.25, 0.3) is 0 Å². The van der Waals surface area contributed by atoms with Crippen LogP contribution in [0.5, 0.6) is 0 Å². The Balaban J connectivity index is 1.96. The van der Waals surface area contributed by atoms with Crippen molar-refractivity contribution in [3.05, 3.63) is 70.8 Å². The van der Waals surface area contributed by atoms with E-state index in [4.69, 9.17) is 5.26 Å². The third kappa shape index (κ3) is 3.36. The number of hydrogen-bond acceptors (Lipinski definition) is 2. The molecule has 0 aliphatic carbocycles. The molecule has 0 saturated carbocycles. The normalized spacial score (nSPS) is 10.2. The van der Waals surface area contributed by atoms with E-state index >= 15 is 0 Å². The topological polar surface area (TPSA) is 35.8 Å². The van der Waals surface area contributed by atoms with Gasteiger partial charge in [-0.3, -0.25) is 0 Å². The van der Waals surface area contributed by atoms with E-state index in [1.54, 1.807) is 30.3 Å². The van der Waals surface area contributed by atoms with Gasteiger partial charge in [0.25, 0.3) is 0 Å². The molecule has 0 radical (unpaired) electrons. The summed E-state index contributed by atoms with van der Waals surface area (Å²) in [7, 11) is 0. The number of hydrogen-bond donors (Lipinski definition) is 1. The fraction of sp³-hybridized carbons (Fsp3) is 0.133. The van der Waals surface area contributed by atoms with Crippen LogP contribution in [-0.4, -0.2) is 0 Å². The highest BCUT2D eigenvalue weighted by atomic mass is 19.1. The minimum absolute atomic E-state index is 0.0427. The van der Waals surface area contributed by atoms with Crippen molar-refractivity contribution in [2.45, 2.75) is 13.1 Å². The van der Waals surface area contributed by atoms with Crippen LogP contribution in [-0.2, 0) is 13.1 Å². The molecule has 0 bridgehead atoms. The molecule has 0 aliphatic heterocycles. The number of nitrogens with zero attached hydrogens (tertiary/aromatic N) is 1. The molecule has 0 aliphatic rings. The first-order valence-electron chi connectivity index (χ1n) is 5.83. The third-order valence-electron chi connectivity index (χ3n) is 2.76. The van der Waals surface area contributed by atoms with Crippen LogP contribution in [0.2, 0.25) is 0 Å². The van der Waals surface area contributed by atoms with E-state index in [0.717, 1.165) is 5.56 Å². The quantitative estimate of drug-likeness (QED) is 0.914. The molecule has 2 aromatic carbocycles. The van der Waals surface area contributed by atoms with Gasteiger partial charge in [-0.15, -0.1) is 0 Å². The smallest absolute Gasteiger partial charge is 0.145 e. The van der Waals surface area contributed by atoms with E-state index in [0.29, 0.717) is 18.7 Å². The van der Waals surface area contributed by atoms with Crippen molar-refractivity contribution in [3.8, 4) is 6.07 Å². The van der Waals surface area contributed by atoms with Gasteiger partial charge in [0.05, 0.1) is 5.56 Å². The lowest BCUT2D eigenvalue weighted by Gasteiger charge is -2.07. The van der Waals surface area contributed by atoms with E-state index < -0.39 is 5.82 Å². The molecule has 0 unspecified atom stereocenters. The molecule has 2 aromatic rings. The minimum atomic E-state index is -0.489. The van der Waals surface area contributed by atoms with Crippen molar-refractivity contribution in [3.63, 3.8) is 0 Å². The summed E-state index contributed by atoms with van der Waals surface area (Å²) in [6.07, 6.45) is 0. The van der Waals surface area contributed by atoms with Gasteiger partial charge in [0.15, 0.2) is 0 Å². The van der Waals surface area contributed by atoms with Gasteiger partial charge in [0.1, 0.15) is 17.7 Å². The highest BCUT2D eigenvalue weighted by molar-refractivity contribution is 5.34. The Bertz CT molecular complexity index is 601. The summed E-state index contributed by atoms with van der Waals surface area (Å²) < 4.78 is 26.4. The van der Waals surface area contributed by atoms with Crippen LogP contribution in [0.1, 0.15) is 16.7 Å². The van der Waals surface area contributed by atoms with E-state index in [-0.39, 0.29) is 11.4 Å². The molecular weight excluding hydrogens is 246 g/mol. The number of benzene rings is 2. The van der Waals surface area contributed by atoms with Crippen molar-refractivity contribution in [2.75, 3.05) is 0 Å². The van der Waals surface area contributed by atoms with Crippen molar-refractivity contribution in [2.24, 2.45) is 0 Å². The van der Waals surface area contributed by atoms with Crippen molar-refractivity contribution < 1.29 is 8.78 Å². The summed E-state index contributed by atoms with van der Waals surface area (Å²) in [5, 5.41) is 11.8. The van der Waals surface area contributed by atoms with E-state index in [2.05, 4.69) is 5.32 Å². The monoisotopic (exact) mass is 258 g/mol. The van der Waals surface area contributed by atoms with Crippen molar-refractivity contribution in [1.82, 2.24) is 5.32 Å². The molecule has 1 N–H and O–H groups in total. The maximum Gasteiger partial charge on any atom is 0.145 e. The summed E-state index contributed by atoms with van der Waals surface area (Å²) in [6.45, 7) is 0.829. The highest BCUT2D eigenvalue weighted by Crippen LogP contribution is 2.12. The Morgan fingerprint density at radius 3 is 2.42 bits per heavy atom. The molecule has 0 amide bonds. The summed E-state index contributed by atoms with van der Waals surface area (Å²) in [5.74, 6) is -0.770. The van der Waals surface area contributed by atoms with E-state index in [1.807, 2.05) is 0 Å². The van der Waals surface area contributed by atoms with Gasteiger partial charge in [-0.05, 0) is 23.8 Å².